The molecule has 4 nitrogen and oxygen atoms in total. The summed E-state index contributed by atoms with van der Waals surface area (Å²) in [5.41, 5.74) is 0.491. The number of allylic oxidation sites excluding steroid dienone is 1. The average molecular weight is 238 g/mol. The molecule has 1 heterocycles. The van der Waals surface area contributed by atoms with Crippen LogP contribution in [0.15, 0.2) is 11.6 Å². The van der Waals surface area contributed by atoms with E-state index in [9.17, 15) is 13.2 Å². The van der Waals surface area contributed by atoms with Crippen molar-refractivity contribution in [1.29, 1.82) is 0 Å². The first kappa shape index (κ1) is 11.5. The molecule has 0 radical (unpaired) electrons. The maximum Gasteiger partial charge on any atom is 0.263 e. The minimum Gasteiger partial charge on any atom is -0.268 e. The van der Waals surface area contributed by atoms with Crippen molar-refractivity contribution in [2.45, 2.75) is 6.92 Å². The molecule has 6 heteroatoms. The zero-order valence-electron chi connectivity index (χ0n) is 8.03. The van der Waals surface area contributed by atoms with Crippen LogP contribution >= 0.6 is 11.6 Å². The van der Waals surface area contributed by atoms with E-state index in [4.69, 9.17) is 11.6 Å². The van der Waals surface area contributed by atoms with Gasteiger partial charge in [-0.15, -0.1) is 11.6 Å². The number of alkyl halides is 1. The van der Waals surface area contributed by atoms with Gasteiger partial charge < -0.3 is 0 Å². The third kappa shape index (κ3) is 1.93. The Balaban J connectivity index is 3.05. The fraction of sp³-hybridized carbons (Fsp3) is 0.625. The molecule has 1 rings (SSSR count). The van der Waals surface area contributed by atoms with Crippen molar-refractivity contribution in [2.24, 2.45) is 5.92 Å². The maximum atomic E-state index is 11.6. The van der Waals surface area contributed by atoms with Gasteiger partial charge in [0.2, 0.25) is 10.0 Å². The quantitative estimate of drug-likeness (QED) is 0.522. The number of carbonyl (C=O) groups is 1. The second-order valence-corrected chi connectivity index (χ2v) is 5.41. The van der Waals surface area contributed by atoms with Crippen LogP contribution in [0.25, 0.3) is 0 Å². The van der Waals surface area contributed by atoms with Gasteiger partial charge in [0, 0.05) is 23.9 Å². The van der Waals surface area contributed by atoms with E-state index in [0.29, 0.717) is 5.57 Å². The van der Waals surface area contributed by atoms with Crippen LogP contribution in [0, 0.1) is 5.92 Å². The van der Waals surface area contributed by atoms with Crippen molar-refractivity contribution >= 4 is 27.5 Å². The molecule has 0 aromatic heterocycles. The van der Waals surface area contributed by atoms with Crippen LogP contribution in [0.5, 0.6) is 0 Å². The Morgan fingerprint density at radius 2 is 2.21 bits per heavy atom. The Kier molecular flexibility index (Phi) is 3.21. The van der Waals surface area contributed by atoms with Gasteiger partial charge in [0.05, 0.1) is 6.26 Å². The highest BCUT2D eigenvalue weighted by molar-refractivity contribution is 7.88. The van der Waals surface area contributed by atoms with Crippen LogP contribution in [-0.4, -0.2) is 37.3 Å². The molecule has 1 atom stereocenters. The van der Waals surface area contributed by atoms with Crippen LogP contribution in [0.1, 0.15) is 6.92 Å². The summed E-state index contributed by atoms with van der Waals surface area (Å²) in [4.78, 5) is 11.6. The van der Waals surface area contributed by atoms with Gasteiger partial charge in [-0.2, -0.15) is 0 Å². The topological polar surface area (TPSA) is 54.5 Å². The first-order valence-corrected chi connectivity index (χ1v) is 6.54. The third-order valence-corrected chi connectivity index (χ3v) is 3.69. The van der Waals surface area contributed by atoms with Crippen molar-refractivity contribution in [2.75, 3.05) is 18.7 Å². The lowest BCUT2D eigenvalue weighted by molar-refractivity contribution is -0.120. The largest absolute Gasteiger partial charge is 0.268 e. The van der Waals surface area contributed by atoms with E-state index in [1.807, 2.05) is 0 Å². The van der Waals surface area contributed by atoms with Crippen LogP contribution in [-0.2, 0) is 14.8 Å². The van der Waals surface area contributed by atoms with Crippen molar-refractivity contribution in [1.82, 2.24) is 4.31 Å². The van der Waals surface area contributed by atoms with Gasteiger partial charge in [-0.25, -0.2) is 12.7 Å². The van der Waals surface area contributed by atoms with Gasteiger partial charge in [0.1, 0.15) is 0 Å². The zero-order valence-corrected chi connectivity index (χ0v) is 9.60. The normalized spacial score (nSPS) is 26.2. The molecule has 80 valence electrons. The number of sulfonamides is 1. The first-order chi connectivity index (χ1) is 6.41. The summed E-state index contributed by atoms with van der Waals surface area (Å²) in [5, 5.41) is 0. The van der Waals surface area contributed by atoms with E-state index < -0.39 is 15.9 Å². The number of amides is 1. The van der Waals surface area contributed by atoms with Gasteiger partial charge in [-0.05, 0) is 6.92 Å². The highest BCUT2D eigenvalue weighted by atomic mass is 35.5. The van der Waals surface area contributed by atoms with E-state index in [-0.39, 0.29) is 18.3 Å². The molecule has 0 saturated carbocycles. The summed E-state index contributed by atoms with van der Waals surface area (Å²) in [6.07, 6.45) is 2.65. The first-order valence-electron chi connectivity index (χ1n) is 4.16. The predicted octanol–water partition coefficient (Wildman–Crippen LogP) is 0.589. The fourth-order valence-electron chi connectivity index (χ4n) is 1.48. The Morgan fingerprint density at radius 1 is 1.64 bits per heavy atom. The monoisotopic (exact) mass is 237 g/mol. The summed E-state index contributed by atoms with van der Waals surface area (Å²) < 4.78 is 23.3. The molecule has 0 N–H and O–H groups in total. The van der Waals surface area contributed by atoms with E-state index in [0.717, 1.165) is 10.6 Å². The standard InChI is InChI=1S/C8H12ClNO3S/c1-3-7-6(4-9)5-10(8(7)11)14(2,12)13/h3,6H,4-5H2,1-2H3. The molecule has 0 aromatic rings. The van der Waals surface area contributed by atoms with E-state index in [1.165, 1.54) is 0 Å². The fourth-order valence-corrected chi connectivity index (χ4v) is 2.60. The summed E-state index contributed by atoms with van der Waals surface area (Å²) >= 11 is 5.65. The maximum absolute atomic E-state index is 11.6. The van der Waals surface area contributed by atoms with E-state index in [1.54, 1.807) is 13.0 Å². The van der Waals surface area contributed by atoms with Crippen LogP contribution in [0.3, 0.4) is 0 Å². The van der Waals surface area contributed by atoms with Crippen LogP contribution in [0.2, 0.25) is 0 Å². The predicted molar refractivity (Wildman–Crippen MR) is 54.5 cm³/mol. The number of rotatable bonds is 2. The summed E-state index contributed by atoms with van der Waals surface area (Å²) in [6, 6.07) is 0. The zero-order chi connectivity index (χ0) is 10.9. The van der Waals surface area contributed by atoms with Crippen LogP contribution < -0.4 is 0 Å². The lowest BCUT2D eigenvalue weighted by Gasteiger charge is -2.11. The molecule has 1 saturated heterocycles. The highest BCUT2D eigenvalue weighted by Gasteiger charge is 2.38. The molecule has 0 aromatic carbocycles. The van der Waals surface area contributed by atoms with Crippen molar-refractivity contribution in [3.8, 4) is 0 Å². The minimum absolute atomic E-state index is 0.168. The SMILES string of the molecule is CC=C1C(=O)N(S(C)(=O)=O)CC1CCl. The van der Waals surface area contributed by atoms with E-state index in [2.05, 4.69) is 0 Å². The molecule has 1 fully saturated rings. The average Bonchev–Trinajstić information content (AvgIpc) is 2.40. The van der Waals surface area contributed by atoms with Crippen LogP contribution in [0.4, 0.5) is 0 Å². The molecule has 14 heavy (non-hydrogen) atoms. The lowest BCUT2D eigenvalue weighted by Crippen LogP contribution is -2.31. The smallest absolute Gasteiger partial charge is 0.263 e. The van der Waals surface area contributed by atoms with Gasteiger partial charge in [-0.3, -0.25) is 4.79 Å². The van der Waals surface area contributed by atoms with Gasteiger partial charge in [0.15, 0.2) is 0 Å². The third-order valence-electron chi connectivity index (χ3n) is 2.20. The second kappa shape index (κ2) is 3.90. The van der Waals surface area contributed by atoms with E-state index >= 15 is 0 Å². The number of nitrogens with zero attached hydrogens (tertiary/aromatic N) is 1. The molecule has 1 aliphatic rings. The number of hydrogen-bond acceptors (Lipinski definition) is 3. The Morgan fingerprint density at radius 3 is 2.50 bits per heavy atom. The van der Waals surface area contributed by atoms with Gasteiger partial charge >= 0.3 is 0 Å². The summed E-state index contributed by atoms with van der Waals surface area (Å²) in [5.74, 6) is -0.359. The Bertz CT molecular complexity index is 374. The number of hydrogen-bond donors (Lipinski definition) is 0. The Labute approximate surface area is 88.6 Å². The lowest BCUT2D eigenvalue weighted by atomic mass is 10.1. The molecule has 1 unspecified atom stereocenters. The van der Waals surface area contributed by atoms with Crippen molar-refractivity contribution in [3.63, 3.8) is 0 Å². The number of halogens is 1. The Hall–Kier alpha value is -0.550. The highest BCUT2D eigenvalue weighted by Crippen LogP contribution is 2.26. The summed E-state index contributed by atoms with van der Waals surface area (Å²) in [7, 11) is -3.45. The molecule has 0 spiro atoms. The summed E-state index contributed by atoms with van der Waals surface area (Å²) in [6.45, 7) is 1.87. The van der Waals surface area contributed by atoms with Gasteiger partial charge in [-0.1, -0.05) is 6.08 Å². The second-order valence-electron chi connectivity index (χ2n) is 3.19. The van der Waals surface area contributed by atoms with Crippen molar-refractivity contribution in [3.05, 3.63) is 11.6 Å². The molecular weight excluding hydrogens is 226 g/mol. The molecule has 0 bridgehead atoms. The molecule has 1 amide bonds. The molecule has 1 aliphatic heterocycles. The minimum atomic E-state index is -3.45. The number of carbonyl (C=O) groups excluding carboxylic acids is 1. The van der Waals surface area contributed by atoms with Gasteiger partial charge in [0.25, 0.3) is 5.91 Å². The molecule has 0 aliphatic carbocycles. The molecular formula is C8H12ClNO3S. The van der Waals surface area contributed by atoms with Crippen molar-refractivity contribution < 1.29 is 13.2 Å².